The van der Waals surface area contributed by atoms with E-state index in [0.29, 0.717) is 0 Å². The molecule has 0 saturated carbocycles. The van der Waals surface area contributed by atoms with Crippen molar-refractivity contribution in [2.24, 2.45) is 11.3 Å². The maximum absolute atomic E-state index is 11.6. The highest BCUT2D eigenvalue weighted by atomic mass is 16.6. The lowest BCUT2D eigenvalue weighted by molar-refractivity contribution is -0.169. The van der Waals surface area contributed by atoms with Crippen molar-refractivity contribution in [2.45, 2.75) is 39.2 Å². The summed E-state index contributed by atoms with van der Waals surface area (Å²) in [5.41, 5.74) is -0.368. The second-order valence-corrected chi connectivity index (χ2v) is 4.98. The molecule has 0 N–H and O–H groups in total. The van der Waals surface area contributed by atoms with E-state index in [-0.39, 0.29) is 22.9 Å². The van der Waals surface area contributed by atoms with E-state index in [1.54, 1.807) is 0 Å². The quantitative estimate of drug-likeness (QED) is 0.422. The fraction of sp³-hybridized carbons (Fsp3) is 0.727. The molecule has 2 nitrogen and oxygen atoms in total. The smallest absolute Gasteiger partial charge is 0.310 e. The molecule has 2 heteroatoms. The molecule has 0 spiro atoms. The van der Waals surface area contributed by atoms with Gasteiger partial charge in [0.1, 0.15) is 5.60 Å². The van der Waals surface area contributed by atoms with Crippen molar-refractivity contribution in [1.82, 2.24) is 0 Å². The second kappa shape index (κ2) is 2.37. The lowest BCUT2D eigenvalue weighted by Crippen LogP contribution is -2.40. The Labute approximate surface area is 79.0 Å². The van der Waals surface area contributed by atoms with E-state index in [0.717, 1.165) is 12.8 Å². The molecule has 13 heavy (non-hydrogen) atoms. The van der Waals surface area contributed by atoms with Gasteiger partial charge in [0.25, 0.3) is 0 Å². The van der Waals surface area contributed by atoms with Gasteiger partial charge in [-0.25, -0.2) is 0 Å². The van der Waals surface area contributed by atoms with Crippen molar-refractivity contribution < 1.29 is 9.53 Å². The van der Waals surface area contributed by atoms with E-state index >= 15 is 0 Å². The summed E-state index contributed by atoms with van der Waals surface area (Å²) >= 11 is 0. The molecule has 0 amide bonds. The zero-order valence-corrected chi connectivity index (χ0v) is 8.46. The molecular weight excluding hydrogens is 164 g/mol. The van der Waals surface area contributed by atoms with Crippen LogP contribution in [0.4, 0.5) is 0 Å². The van der Waals surface area contributed by atoms with Crippen LogP contribution < -0.4 is 0 Å². The summed E-state index contributed by atoms with van der Waals surface area (Å²) in [7, 11) is 0. The molecule has 72 valence electrons. The topological polar surface area (TPSA) is 26.3 Å². The largest absolute Gasteiger partial charge is 0.455 e. The summed E-state index contributed by atoms with van der Waals surface area (Å²) in [6.07, 6.45) is 6.10. The number of hydrogen-bond donors (Lipinski definition) is 0. The zero-order valence-electron chi connectivity index (χ0n) is 8.46. The fourth-order valence-corrected chi connectivity index (χ4v) is 2.20. The Kier molecular flexibility index (Phi) is 1.60. The van der Waals surface area contributed by atoms with Gasteiger partial charge in [0.05, 0.1) is 5.92 Å². The van der Waals surface area contributed by atoms with E-state index in [1.165, 1.54) is 0 Å². The molecule has 1 aliphatic carbocycles. The Morgan fingerprint density at radius 1 is 1.38 bits per heavy atom. The Hall–Kier alpha value is -0.790. The number of carbonyl (C=O) groups is 1. The standard InChI is InChI=1S/C11H16O2/c1-10(2)6-7-11(3)5-4-8(10)9(12)13-11/h6-8H,4-5H2,1-3H3/t8-,11+/m0/s1. The molecule has 1 fully saturated rings. The second-order valence-electron chi connectivity index (χ2n) is 4.98. The lowest BCUT2D eigenvalue weighted by Gasteiger charge is -2.35. The summed E-state index contributed by atoms with van der Waals surface area (Å²) < 4.78 is 5.41. The minimum absolute atomic E-state index is 0.0243. The number of esters is 1. The summed E-state index contributed by atoms with van der Waals surface area (Å²) in [5.74, 6) is 0.0306. The van der Waals surface area contributed by atoms with Crippen LogP contribution in [0.3, 0.4) is 0 Å². The highest BCUT2D eigenvalue weighted by Gasteiger charge is 2.46. The Morgan fingerprint density at radius 2 is 2.08 bits per heavy atom. The van der Waals surface area contributed by atoms with Crippen LogP contribution >= 0.6 is 0 Å². The SMILES string of the molecule is CC1(C)C=C[C@@]2(C)CC[C@H]1C(=O)O2. The van der Waals surface area contributed by atoms with E-state index < -0.39 is 0 Å². The van der Waals surface area contributed by atoms with Gasteiger partial charge < -0.3 is 4.74 Å². The van der Waals surface area contributed by atoms with E-state index in [9.17, 15) is 4.79 Å². The average Bonchev–Trinajstić information content (AvgIpc) is 2.14. The molecule has 2 bridgehead atoms. The molecule has 3 rings (SSSR count). The normalized spacial score (nSPS) is 41.5. The van der Waals surface area contributed by atoms with Crippen LogP contribution in [0.15, 0.2) is 12.2 Å². The van der Waals surface area contributed by atoms with Gasteiger partial charge in [-0.3, -0.25) is 4.79 Å². The first-order valence-corrected chi connectivity index (χ1v) is 4.86. The molecule has 0 aromatic rings. The van der Waals surface area contributed by atoms with Crippen LogP contribution in [0.5, 0.6) is 0 Å². The van der Waals surface area contributed by atoms with E-state index in [4.69, 9.17) is 4.74 Å². The number of rotatable bonds is 0. The molecule has 3 aliphatic rings. The van der Waals surface area contributed by atoms with Crippen molar-refractivity contribution in [3.8, 4) is 0 Å². The molecule has 2 atom stereocenters. The van der Waals surface area contributed by atoms with Crippen molar-refractivity contribution >= 4 is 5.97 Å². The van der Waals surface area contributed by atoms with Crippen molar-refractivity contribution in [2.75, 3.05) is 0 Å². The molecule has 0 aromatic carbocycles. The highest BCUT2D eigenvalue weighted by Crippen LogP contribution is 2.44. The number of ether oxygens (including phenoxy) is 1. The number of fused-ring (bicyclic) bond motifs is 3. The highest BCUT2D eigenvalue weighted by molar-refractivity contribution is 5.76. The van der Waals surface area contributed by atoms with Crippen LogP contribution in [0.25, 0.3) is 0 Å². The summed E-state index contributed by atoms with van der Waals surface area (Å²) in [6.45, 7) is 6.19. The molecule has 0 radical (unpaired) electrons. The molecule has 2 heterocycles. The average molecular weight is 180 g/mol. The Balaban J connectivity index is 2.43. The van der Waals surface area contributed by atoms with Crippen LogP contribution in [0, 0.1) is 11.3 Å². The molecule has 0 unspecified atom stereocenters. The van der Waals surface area contributed by atoms with Crippen LogP contribution in [-0.2, 0) is 9.53 Å². The first kappa shape index (κ1) is 8.79. The molecular formula is C11H16O2. The summed E-state index contributed by atoms with van der Waals surface area (Å²) in [4.78, 5) is 11.6. The zero-order chi connectivity index (χ0) is 9.69. The third-order valence-corrected chi connectivity index (χ3v) is 3.31. The van der Waals surface area contributed by atoms with Gasteiger partial charge in [0.2, 0.25) is 0 Å². The van der Waals surface area contributed by atoms with Gasteiger partial charge >= 0.3 is 5.97 Å². The fourth-order valence-electron chi connectivity index (χ4n) is 2.20. The predicted octanol–water partition coefficient (Wildman–Crippen LogP) is 2.29. The van der Waals surface area contributed by atoms with Crippen LogP contribution in [0.2, 0.25) is 0 Å². The van der Waals surface area contributed by atoms with Crippen molar-refractivity contribution in [3.63, 3.8) is 0 Å². The predicted molar refractivity (Wildman–Crippen MR) is 50.1 cm³/mol. The van der Waals surface area contributed by atoms with Gasteiger partial charge in [-0.05, 0) is 31.3 Å². The monoisotopic (exact) mass is 180 g/mol. The number of allylic oxidation sites excluding steroid dienone is 1. The van der Waals surface area contributed by atoms with Gasteiger partial charge in [0.15, 0.2) is 0 Å². The van der Waals surface area contributed by atoms with Gasteiger partial charge in [0, 0.05) is 0 Å². The number of hydrogen-bond acceptors (Lipinski definition) is 2. The maximum atomic E-state index is 11.6. The Bertz CT molecular complexity index is 278. The lowest BCUT2D eigenvalue weighted by atomic mass is 9.76. The number of carbonyl (C=O) groups excluding carboxylic acids is 1. The molecule has 2 aliphatic heterocycles. The first-order valence-electron chi connectivity index (χ1n) is 4.86. The van der Waals surface area contributed by atoms with Crippen LogP contribution in [0.1, 0.15) is 33.6 Å². The van der Waals surface area contributed by atoms with Gasteiger partial charge in [-0.2, -0.15) is 0 Å². The van der Waals surface area contributed by atoms with Gasteiger partial charge in [-0.1, -0.05) is 19.9 Å². The van der Waals surface area contributed by atoms with Crippen molar-refractivity contribution in [3.05, 3.63) is 12.2 Å². The van der Waals surface area contributed by atoms with E-state index in [1.807, 2.05) is 6.92 Å². The minimum atomic E-state index is -0.332. The third kappa shape index (κ3) is 1.28. The summed E-state index contributed by atoms with van der Waals surface area (Å²) in [6, 6.07) is 0. The Morgan fingerprint density at radius 3 is 2.69 bits per heavy atom. The van der Waals surface area contributed by atoms with Gasteiger partial charge in [-0.15, -0.1) is 0 Å². The first-order chi connectivity index (χ1) is 5.93. The molecule has 1 saturated heterocycles. The summed E-state index contributed by atoms with van der Waals surface area (Å²) in [5, 5.41) is 0. The van der Waals surface area contributed by atoms with Crippen molar-refractivity contribution in [1.29, 1.82) is 0 Å². The third-order valence-electron chi connectivity index (χ3n) is 3.31. The maximum Gasteiger partial charge on any atom is 0.310 e. The van der Waals surface area contributed by atoms with E-state index in [2.05, 4.69) is 26.0 Å². The minimum Gasteiger partial charge on any atom is -0.455 e. The van der Waals surface area contributed by atoms with Crippen LogP contribution in [-0.4, -0.2) is 11.6 Å². The molecule has 0 aromatic heterocycles.